The van der Waals surface area contributed by atoms with Crippen LogP contribution in [0.5, 0.6) is 11.5 Å². The van der Waals surface area contributed by atoms with Crippen LogP contribution in [-0.2, 0) is 6.42 Å². The van der Waals surface area contributed by atoms with Gasteiger partial charge in [0.05, 0.1) is 23.6 Å². The number of fused-ring (bicyclic) bond motifs is 1. The maximum atomic E-state index is 11.2. The van der Waals surface area contributed by atoms with Crippen LogP contribution in [-0.4, -0.2) is 10.2 Å². The zero-order valence-electron chi connectivity index (χ0n) is 13.6. The summed E-state index contributed by atoms with van der Waals surface area (Å²) in [6, 6.07) is 17.9. The molecule has 0 atom stereocenters. The molecule has 2 heterocycles. The van der Waals surface area contributed by atoms with E-state index >= 15 is 0 Å². The highest BCUT2D eigenvalue weighted by Gasteiger charge is 2.11. The summed E-state index contributed by atoms with van der Waals surface area (Å²) in [6.45, 7) is 0. The van der Waals surface area contributed by atoms with Crippen LogP contribution in [0.3, 0.4) is 0 Å². The first-order valence-electron chi connectivity index (χ1n) is 7.94. The van der Waals surface area contributed by atoms with Crippen molar-refractivity contribution in [3.05, 3.63) is 88.0 Å². The van der Waals surface area contributed by atoms with Gasteiger partial charge < -0.3 is 9.15 Å². The summed E-state index contributed by atoms with van der Waals surface area (Å²) in [5, 5.41) is 16.4. The first-order chi connectivity index (χ1) is 12.7. The molecule has 4 rings (SSSR count). The second kappa shape index (κ2) is 6.57. The third-order valence-corrected chi connectivity index (χ3v) is 3.89. The second-order valence-electron chi connectivity index (χ2n) is 5.76. The fourth-order valence-electron chi connectivity index (χ4n) is 2.72. The molecule has 2 aromatic heterocycles. The van der Waals surface area contributed by atoms with E-state index in [4.69, 9.17) is 14.4 Å². The molecule has 0 aliphatic rings. The highest BCUT2D eigenvalue weighted by atomic mass is 16.5. The number of nitrogens with zero attached hydrogens (tertiary/aromatic N) is 2. The third kappa shape index (κ3) is 3.19. The Balaban J connectivity index is 1.71. The molecule has 4 aromatic rings. The van der Waals surface area contributed by atoms with Gasteiger partial charge in [-0.2, -0.15) is 10.4 Å². The van der Waals surface area contributed by atoms with E-state index in [1.807, 2.05) is 18.2 Å². The van der Waals surface area contributed by atoms with Gasteiger partial charge in [-0.25, -0.2) is 5.10 Å². The van der Waals surface area contributed by atoms with E-state index in [0.29, 0.717) is 29.1 Å². The SMILES string of the molecule is N#Cc1cccc(Oc2cc(Cc3ccc(=O)[nH]n3)cc3ccoc23)c1. The number of hydrogen-bond donors (Lipinski definition) is 1. The van der Waals surface area contributed by atoms with Crippen LogP contribution in [0.1, 0.15) is 16.8 Å². The minimum atomic E-state index is -0.236. The number of aromatic amines is 1. The molecule has 0 bridgehead atoms. The Labute approximate surface area is 148 Å². The minimum absolute atomic E-state index is 0.236. The summed E-state index contributed by atoms with van der Waals surface area (Å²) in [5.41, 5.74) is 2.62. The van der Waals surface area contributed by atoms with Gasteiger partial charge in [0.15, 0.2) is 11.3 Å². The Bertz CT molecular complexity index is 1160. The Morgan fingerprint density at radius 3 is 2.88 bits per heavy atom. The average molecular weight is 343 g/mol. The van der Waals surface area contributed by atoms with E-state index in [1.54, 1.807) is 36.6 Å². The number of furan rings is 1. The maximum Gasteiger partial charge on any atom is 0.264 e. The molecule has 2 aromatic carbocycles. The zero-order chi connectivity index (χ0) is 17.9. The molecular weight excluding hydrogens is 330 g/mol. The van der Waals surface area contributed by atoms with Crippen molar-refractivity contribution in [1.29, 1.82) is 5.26 Å². The molecule has 0 aliphatic carbocycles. The van der Waals surface area contributed by atoms with Crippen molar-refractivity contribution < 1.29 is 9.15 Å². The number of rotatable bonds is 4. The minimum Gasteiger partial charge on any atom is -0.460 e. The van der Waals surface area contributed by atoms with Gasteiger partial charge in [-0.1, -0.05) is 6.07 Å². The summed E-state index contributed by atoms with van der Waals surface area (Å²) in [7, 11) is 0. The monoisotopic (exact) mass is 343 g/mol. The molecule has 0 spiro atoms. The van der Waals surface area contributed by atoms with E-state index in [1.165, 1.54) is 6.07 Å². The standard InChI is InChI=1S/C20H13N3O3/c21-12-13-2-1-3-17(10-13)26-18-11-14(8-15-6-7-25-20(15)18)9-16-4-5-19(24)23-22-16/h1-8,10-11H,9H2,(H,23,24). The van der Waals surface area contributed by atoms with Gasteiger partial charge in [0.1, 0.15) is 5.75 Å². The Hall–Kier alpha value is -3.85. The summed E-state index contributed by atoms with van der Waals surface area (Å²) in [5.74, 6) is 1.11. The third-order valence-electron chi connectivity index (χ3n) is 3.89. The topological polar surface area (TPSA) is 91.9 Å². The van der Waals surface area contributed by atoms with Crippen LogP contribution in [0, 0.1) is 11.3 Å². The first-order valence-corrected chi connectivity index (χ1v) is 7.94. The van der Waals surface area contributed by atoms with Gasteiger partial charge in [0.25, 0.3) is 5.56 Å². The lowest BCUT2D eigenvalue weighted by molar-refractivity contribution is 0.472. The van der Waals surface area contributed by atoms with Crippen LogP contribution < -0.4 is 10.3 Å². The van der Waals surface area contributed by atoms with Crippen molar-refractivity contribution in [3.8, 4) is 17.6 Å². The summed E-state index contributed by atoms with van der Waals surface area (Å²) >= 11 is 0. The van der Waals surface area contributed by atoms with Crippen LogP contribution in [0.25, 0.3) is 11.0 Å². The maximum absolute atomic E-state index is 11.2. The molecular formula is C20H13N3O3. The van der Waals surface area contributed by atoms with Crippen molar-refractivity contribution >= 4 is 11.0 Å². The van der Waals surface area contributed by atoms with E-state index in [-0.39, 0.29) is 5.56 Å². The van der Waals surface area contributed by atoms with E-state index < -0.39 is 0 Å². The second-order valence-corrected chi connectivity index (χ2v) is 5.76. The lowest BCUT2D eigenvalue weighted by atomic mass is 10.1. The lowest BCUT2D eigenvalue weighted by Crippen LogP contribution is -2.07. The van der Waals surface area contributed by atoms with Crippen molar-refractivity contribution in [2.45, 2.75) is 6.42 Å². The van der Waals surface area contributed by atoms with Crippen LogP contribution in [0.15, 0.2) is 70.1 Å². The van der Waals surface area contributed by atoms with Gasteiger partial charge in [-0.05, 0) is 48.0 Å². The number of aromatic nitrogens is 2. The van der Waals surface area contributed by atoms with E-state index in [0.717, 1.165) is 16.6 Å². The number of nitriles is 1. The summed E-state index contributed by atoms with van der Waals surface area (Å²) in [6.07, 6.45) is 2.14. The smallest absolute Gasteiger partial charge is 0.264 e. The fraction of sp³-hybridized carbons (Fsp3) is 0.0500. The first kappa shape index (κ1) is 15.7. The van der Waals surface area contributed by atoms with Gasteiger partial charge in [0.2, 0.25) is 0 Å². The summed E-state index contributed by atoms with van der Waals surface area (Å²) in [4.78, 5) is 11.2. The fourth-order valence-corrected chi connectivity index (χ4v) is 2.72. The summed E-state index contributed by atoms with van der Waals surface area (Å²) < 4.78 is 11.5. The molecule has 0 amide bonds. The Kier molecular flexibility index (Phi) is 3.96. The number of nitrogens with one attached hydrogen (secondary N) is 1. The number of benzene rings is 2. The molecule has 6 nitrogen and oxygen atoms in total. The molecule has 0 saturated heterocycles. The normalized spacial score (nSPS) is 10.6. The van der Waals surface area contributed by atoms with Crippen molar-refractivity contribution in [1.82, 2.24) is 10.2 Å². The van der Waals surface area contributed by atoms with Gasteiger partial charge in [-0.15, -0.1) is 0 Å². The molecule has 0 aliphatic heterocycles. The van der Waals surface area contributed by atoms with Crippen LogP contribution in [0.4, 0.5) is 0 Å². The van der Waals surface area contributed by atoms with Crippen molar-refractivity contribution in [3.63, 3.8) is 0 Å². The number of hydrogen-bond acceptors (Lipinski definition) is 5. The quantitative estimate of drug-likeness (QED) is 0.609. The average Bonchev–Trinajstić information content (AvgIpc) is 3.13. The van der Waals surface area contributed by atoms with Crippen LogP contribution >= 0.6 is 0 Å². The predicted molar refractivity (Wildman–Crippen MR) is 95.1 cm³/mol. The largest absolute Gasteiger partial charge is 0.460 e. The van der Waals surface area contributed by atoms with Gasteiger partial charge in [0, 0.05) is 17.9 Å². The van der Waals surface area contributed by atoms with Crippen molar-refractivity contribution in [2.75, 3.05) is 0 Å². The molecule has 6 heteroatoms. The van der Waals surface area contributed by atoms with E-state index in [9.17, 15) is 4.79 Å². The van der Waals surface area contributed by atoms with E-state index in [2.05, 4.69) is 16.3 Å². The highest BCUT2D eigenvalue weighted by Crippen LogP contribution is 2.33. The Morgan fingerprint density at radius 1 is 1.15 bits per heavy atom. The Morgan fingerprint density at radius 2 is 2.08 bits per heavy atom. The molecule has 1 N–H and O–H groups in total. The van der Waals surface area contributed by atoms with Gasteiger partial charge >= 0.3 is 0 Å². The molecule has 26 heavy (non-hydrogen) atoms. The molecule has 0 radical (unpaired) electrons. The number of ether oxygens (including phenoxy) is 1. The van der Waals surface area contributed by atoms with Gasteiger partial charge in [-0.3, -0.25) is 4.79 Å². The van der Waals surface area contributed by atoms with Crippen LogP contribution in [0.2, 0.25) is 0 Å². The van der Waals surface area contributed by atoms with Crippen molar-refractivity contribution in [2.24, 2.45) is 0 Å². The molecule has 126 valence electrons. The molecule has 0 saturated carbocycles. The molecule has 0 unspecified atom stereocenters. The molecule has 0 fully saturated rings. The predicted octanol–water partition coefficient (Wildman–Crippen LogP) is 3.77. The lowest BCUT2D eigenvalue weighted by Gasteiger charge is -2.09. The zero-order valence-corrected chi connectivity index (χ0v) is 13.6. The highest BCUT2D eigenvalue weighted by molar-refractivity contribution is 5.84. The number of H-pyrrole nitrogens is 1.